The molecule has 0 fully saturated rings. The first-order valence-corrected chi connectivity index (χ1v) is 16.9. The quantitative estimate of drug-likeness (QED) is 0.0886. The Kier molecular flexibility index (Phi) is 15.4. The Bertz CT molecular complexity index is 940. The normalized spacial score (nSPS) is 14.2. The number of esters is 2. The molecule has 0 aromatic heterocycles. The molecule has 1 rings (SSSR count). The number of alkyl carbamates (subject to hydrolysis) is 1. The van der Waals surface area contributed by atoms with Crippen LogP contribution in [0.3, 0.4) is 0 Å². The van der Waals surface area contributed by atoms with Crippen LogP contribution in [0.4, 0.5) is 4.79 Å². The number of hydrogen-bond acceptors (Lipinski definition) is 7. The van der Waals surface area contributed by atoms with Gasteiger partial charge in [0, 0.05) is 5.92 Å². The Morgan fingerprint density at radius 3 is 1.88 bits per heavy atom. The van der Waals surface area contributed by atoms with Crippen molar-refractivity contribution in [1.29, 1.82) is 0 Å². The third kappa shape index (κ3) is 10.9. The van der Waals surface area contributed by atoms with Gasteiger partial charge in [0.1, 0.15) is 13.2 Å². The van der Waals surface area contributed by atoms with Crippen LogP contribution in [-0.2, 0) is 34.8 Å². The summed E-state index contributed by atoms with van der Waals surface area (Å²) in [6.07, 6.45) is -1.02. The van der Waals surface area contributed by atoms with E-state index in [1.54, 1.807) is 13.8 Å². The minimum Gasteiger partial charge on any atom is -0.459 e. The molecule has 1 aromatic carbocycles. The lowest BCUT2D eigenvalue weighted by Gasteiger charge is -2.46. The molecule has 0 heterocycles. The molecule has 0 aliphatic carbocycles. The molecule has 0 radical (unpaired) electrons. The van der Waals surface area contributed by atoms with E-state index >= 15 is 0 Å². The summed E-state index contributed by atoms with van der Waals surface area (Å²) in [4.78, 5) is 39.0. The van der Waals surface area contributed by atoms with Crippen LogP contribution in [0.5, 0.6) is 0 Å². The summed E-state index contributed by atoms with van der Waals surface area (Å²) < 4.78 is 23.5. The highest BCUT2D eigenvalue weighted by Crippen LogP contribution is 2.44. The Labute approximate surface area is 248 Å². The van der Waals surface area contributed by atoms with Crippen molar-refractivity contribution in [3.05, 3.63) is 48.6 Å². The lowest BCUT2D eigenvalue weighted by Crippen LogP contribution is -2.57. The van der Waals surface area contributed by atoms with Crippen molar-refractivity contribution in [2.45, 2.75) is 117 Å². The summed E-state index contributed by atoms with van der Waals surface area (Å²) in [5, 5.41) is 2.98. The summed E-state index contributed by atoms with van der Waals surface area (Å²) in [5.41, 5.74) is 1.61. The van der Waals surface area contributed by atoms with Crippen molar-refractivity contribution in [1.82, 2.24) is 5.32 Å². The zero-order valence-corrected chi connectivity index (χ0v) is 27.8. The maximum absolute atomic E-state index is 13.4. The lowest BCUT2D eigenvalue weighted by molar-refractivity contribution is -0.171. The van der Waals surface area contributed by atoms with Crippen LogP contribution in [0.2, 0.25) is 16.6 Å². The molecule has 0 spiro atoms. The van der Waals surface area contributed by atoms with E-state index in [-0.39, 0.29) is 48.1 Å². The standard InChI is InChI=1S/C32H53NO7Si/c1-12-18-37-31(35)30(22(4)5)39-28(34)19-27(40-41(23(6)7,24(8)9)25(10)11)29(21(2)3)33-32(36)38-20-26-16-14-13-15-17-26/h12-17,21-25,27,29-30H,1,18-20H2,2-11H3,(H,33,36)/t27-,29+,30-/m0/s1. The van der Waals surface area contributed by atoms with Gasteiger partial charge in [-0.25, -0.2) is 9.59 Å². The number of hydrogen-bond donors (Lipinski definition) is 1. The van der Waals surface area contributed by atoms with Gasteiger partial charge in [0.25, 0.3) is 0 Å². The topological polar surface area (TPSA) is 100 Å². The molecule has 1 amide bonds. The second kappa shape index (κ2) is 17.3. The molecule has 232 valence electrons. The minimum absolute atomic E-state index is 0.0288. The first kappa shape index (κ1) is 36.4. The molecule has 8 nitrogen and oxygen atoms in total. The second-order valence-corrected chi connectivity index (χ2v) is 17.6. The van der Waals surface area contributed by atoms with Crippen molar-refractivity contribution in [3.8, 4) is 0 Å². The monoisotopic (exact) mass is 591 g/mol. The number of carbonyl (C=O) groups excluding carboxylic acids is 3. The highest BCUT2D eigenvalue weighted by molar-refractivity contribution is 6.77. The van der Waals surface area contributed by atoms with Crippen LogP contribution in [-0.4, -0.2) is 51.2 Å². The molecule has 0 saturated heterocycles. The van der Waals surface area contributed by atoms with Gasteiger partial charge in [-0.1, -0.05) is 112 Å². The number of nitrogens with one attached hydrogen (secondary N) is 1. The van der Waals surface area contributed by atoms with Gasteiger partial charge < -0.3 is 24.0 Å². The zero-order valence-electron chi connectivity index (χ0n) is 26.8. The Morgan fingerprint density at radius 1 is 0.854 bits per heavy atom. The molecular weight excluding hydrogens is 538 g/mol. The van der Waals surface area contributed by atoms with E-state index in [1.807, 2.05) is 44.2 Å². The van der Waals surface area contributed by atoms with Gasteiger partial charge >= 0.3 is 18.0 Å². The van der Waals surface area contributed by atoms with Gasteiger partial charge in [0.05, 0.1) is 18.6 Å². The molecule has 1 N–H and O–H groups in total. The summed E-state index contributed by atoms with van der Waals surface area (Å²) in [6.45, 7) is 24.2. The summed E-state index contributed by atoms with van der Waals surface area (Å²) in [6, 6.07) is 8.89. The molecule has 0 bridgehead atoms. The van der Waals surface area contributed by atoms with Crippen molar-refractivity contribution in [2.75, 3.05) is 6.61 Å². The Hall–Kier alpha value is -2.65. The largest absolute Gasteiger partial charge is 0.459 e. The predicted octanol–water partition coefficient (Wildman–Crippen LogP) is 7.19. The summed E-state index contributed by atoms with van der Waals surface area (Å²) >= 11 is 0. The van der Waals surface area contributed by atoms with E-state index in [0.29, 0.717) is 0 Å². The van der Waals surface area contributed by atoms with Gasteiger partial charge in [-0.05, 0) is 28.1 Å². The number of carbonyl (C=O) groups is 3. The van der Waals surface area contributed by atoms with Crippen LogP contribution in [0.1, 0.15) is 81.2 Å². The van der Waals surface area contributed by atoms with Crippen LogP contribution in [0, 0.1) is 11.8 Å². The van der Waals surface area contributed by atoms with E-state index < -0.39 is 44.6 Å². The van der Waals surface area contributed by atoms with E-state index in [0.717, 1.165) is 5.56 Å². The average molecular weight is 592 g/mol. The minimum atomic E-state index is -2.49. The van der Waals surface area contributed by atoms with E-state index in [1.165, 1.54) is 6.08 Å². The lowest BCUT2D eigenvalue weighted by atomic mass is 9.96. The molecule has 1 aromatic rings. The van der Waals surface area contributed by atoms with Crippen molar-refractivity contribution < 1.29 is 33.0 Å². The molecular formula is C32H53NO7Si. The molecule has 0 saturated carbocycles. The smallest absolute Gasteiger partial charge is 0.407 e. The van der Waals surface area contributed by atoms with Crippen LogP contribution in [0.15, 0.2) is 43.0 Å². The second-order valence-electron chi connectivity index (χ2n) is 12.2. The Morgan fingerprint density at radius 2 is 1.41 bits per heavy atom. The maximum Gasteiger partial charge on any atom is 0.407 e. The fourth-order valence-electron chi connectivity index (χ4n) is 5.54. The van der Waals surface area contributed by atoms with Gasteiger partial charge in [-0.3, -0.25) is 4.79 Å². The summed E-state index contributed by atoms with van der Waals surface area (Å²) in [5.74, 6) is -1.59. The molecule has 3 atom stereocenters. The molecule has 0 aliphatic heterocycles. The third-order valence-corrected chi connectivity index (χ3v) is 13.6. The summed E-state index contributed by atoms with van der Waals surface area (Å²) in [7, 11) is -2.49. The number of amides is 1. The molecule has 0 aliphatic rings. The number of ether oxygens (including phenoxy) is 3. The molecule has 41 heavy (non-hydrogen) atoms. The van der Waals surface area contributed by atoms with Gasteiger partial charge in [0.2, 0.25) is 14.4 Å². The zero-order chi connectivity index (χ0) is 31.3. The maximum atomic E-state index is 13.4. The van der Waals surface area contributed by atoms with Crippen LogP contribution in [0.25, 0.3) is 0 Å². The SMILES string of the molecule is C=CCOC(=O)[C@@H](OC(=O)C[C@H](O[Si](C(C)C)(C(C)C)C(C)C)[C@H](NC(=O)OCc1ccccc1)C(C)C)C(C)C. The van der Waals surface area contributed by atoms with Gasteiger partial charge in [-0.2, -0.15) is 0 Å². The van der Waals surface area contributed by atoms with Crippen molar-refractivity contribution in [3.63, 3.8) is 0 Å². The highest BCUT2D eigenvalue weighted by Gasteiger charge is 2.48. The van der Waals surface area contributed by atoms with Gasteiger partial charge in [0.15, 0.2) is 0 Å². The van der Waals surface area contributed by atoms with Crippen LogP contribution >= 0.6 is 0 Å². The van der Waals surface area contributed by atoms with Gasteiger partial charge in [-0.15, -0.1) is 0 Å². The Balaban J connectivity index is 3.33. The van der Waals surface area contributed by atoms with E-state index in [2.05, 4.69) is 53.4 Å². The van der Waals surface area contributed by atoms with Crippen molar-refractivity contribution >= 4 is 26.3 Å². The highest BCUT2D eigenvalue weighted by atomic mass is 28.4. The average Bonchev–Trinajstić information content (AvgIpc) is 2.89. The first-order valence-electron chi connectivity index (χ1n) is 14.8. The van der Waals surface area contributed by atoms with Crippen LogP contribution < -0.4 is 5.32 Å². The fraction of sp³-hybridized carbons (Fsp3) is 0.656. The molecule has 0 unspecified atom stereocenters. The fourth-order valence-corrected chi connectivity index (χ4v) is 11.1. The first-order chi connectivity index (χ1) is 19.2. The number of rotatable bonds is 17. The third-order valence-electron chi connectivity index (χ3n) is 7.49. The van der Waals surface area contributed by atoms with Crippen molar-refractivity contribution in [2.24, 2.45) is 11.8 Å². The number of benzene rings is 1. The van der Waals surface area contributed by atoms with E-state index in [4.69, 9.17) is 18.6 Å². The van der Waals surface area contributed by atoms with E-state index in [9.17, 15) is 14.4 Å². The predicted molar refractivity (Wildman–Crippen MR) is 165 cm³/mol. The molecule has 9 heteroatoms.